The van der Waals surface area contributed by atoms with Gasteiger partial charge in [-0.3, -0.25) is 4.79 Å². The third-order valence-electron chi connectivity index (χ3n) is 5.34. The number of anilines is 2. The first-order valence-electron chi connectivity index (χ1n) is 9.39. The molecule has 3 N–H and O–H groups in total. The molecule has 0 unspecified atom stereocenters. The molecule has 0 spiro atoms. The quantitative estimate of drug-likeness (QED) is 0.627. The number of amides is 1. The van der Waals surface area contributed by atoms with Crippen molar-refractivity contribution in [3.8, 4) is 22.8 Å². The number of halogens is 2. The lowest BCUT2D eigenvalue weighted by Gasteiger charge is -2.16. The number of hydrogen-bond acceptors (Lipinski definition) is 5. The van der Waals surface area contributed by atoms with Gasteiger partial charge in [0.2, 0.25) is 5.91 Å². The van der Waals surface area contributed by atoms with Gasteiger partial charge in [-0.1, -0.05) is 24.3 Å². The molecule has 1 saturated carbocycles. The molecule has 6 nitrogen and oxygen atoms in total. The second kappa shape index (κ2) is 6.41. The average Bonchev–Trinajstić information content (AvgIpc) is 3.46. The Balaban J connectivity index is 1.37. The highest BCUT2D eigenvalue weighted by molar-refractivity contribution is 6.01. The number of nitrogens with zero attached hydrogens (tertiary/aromatic N) is 1. The predicted molar refractivity (Wildman–Crippen MR) is 106 cm³/mol. The molecular formula is C22H17F2N3O3. The maximum Gasteiger partial charge on any atom is 0.586 e. The molecule has 2 heterocycles. The summed E-state index contributed by atoms with van der Waals surface area (Å²) >= 11 is 0. The summed E-state index contributed by atoms with van der Waals surface area (Å²) in [5, 5.41) is 2.85. The third kappa shape index (κ3) is 3.20. The number of nitrogens with two attached hydrogens (primary N) is 1. The molecule has 2 aliphatic rings. The largest absolute Gasteiger partial charge is 0.586 e. The van der Waals surface area contributed by atoms with E-state index in [-0.39, 0.29) is 17.4 Å². The van der Waals surface area contributed by atoms with E-state index in [1.165, 1.54) is 12.1 Å². The fourth-order valence-corrected chi connectivity index (χ4v) is 3.57. The van der Waals surface area contributed by atoms with E-state index in [1.54, 1.807) is 30.3 Å². The van der Waals surface area contributed by atoms with E-state index >= 15 is 0 Å². The Morgan fingerprint density at radius 2 is 1.73 bits per heavy atom. The number of nitrogens with one attached hydrogen (secondary N) is 1. The first-order chi connectivity index (χ1) is 14.3. The summed E-state index contributed by atoms with van der Waals surface area (Å²) in [6.07, 6.45) is -2.48. The summed E-state index contributed by atoms with van der Waals surface area (Å²) in [7, 11) is 0. The Hall–Kier alpha value is -3.68. The van der Waals surface area contributed by atoms with E-state index in [1.807, 2.05) is 18.2 Å². The van der Waals surface area contributed by atoms with Crippen LogP contribution in [0.15, 0.2) is 60.7 Å². The standard InChI is InChI=1S/C22H17F2N3O3/c23-22(24)29-17-9-6-14(12-18(17)30-22)21(10-11-21)20(28)27-19-3-1-2-16(26-19)13-4-7-15(25)8-5-13/h1-9,12H,10-11,25H2,(H,26,27,28). The number of alkyl halides is 2. The number of carbonyl (C=O) groups excluding carboxylic acids is 1. The first-order valence-corrected chi connectivity index (χ1v) is 9.39. The van der Waals surface area contributed by atoms with Crippen molar-refractivity contribution in [2.45, 2.75) is 24.6 Å². The van der Waals surface area contributed by atoms with Crippen LogP contribution >= 0.6 is 0 Å². The Labute approximate surface area is 170 Å². The number of carbonyl (C=O) groups is 1. The van der Waals surface area contributed by atoms with Crippen molar-refractivity contribution in [1.29, 1.82) is 0 Å². The smallest absolute Gasteiger partial charge is 0.399 e. The van der Waals surface area contributed by atoms with E-state index in [0.717, 1.165) is 5.56 Å². The van der Waals surface area contributed by atoms with Crippen LogP contribution in [0.1, 0.15) is 18.4 Å². The second-order valence-corrected chi connectivity index (χ2v) is 7.40. The maximum atomic E-state index is 13.3. The van der Waals surface area contributed by atoms with Crippen LogP contribution in [-0.2, 0) is 10.2 Å². The normalized spacial score (nSPS) is 17.4. The molecule has 0 bridgehead atoms. The first kappa shape index (κ1) is 18.4. The van der Waals surface area contributed by atoms with Gasteiger partial charge in [-0.25, -0.2) is 4.98 Å². The van der Waals surface area contributed by atoms with Crippen LogP contribution in [0.3, 0.4) is 0 Å². The second-order valence-electron chi connectivity index (χ2n) is 7.40. The summed E-state index contributed by atoms with van der Waals surface area (Å²) in [6.45, 7) is 0. The zero-order valence-electron chi connectivity index (χ0n) is 15.7. The van der Waals surface area contributed by atoms with Crippen LogP contribution in [0.4, 0.5) is 20.3 Å². The number of fused-ring (bicyclic) bond motifs is 1. The Kier molecular flexibility index (Phi) is 3.92. The molecule has 5 rings (SSSR count). The van der Waals surface area contributed by atoms with Crippen molar-refractivity contribution in [3.05, 3.63) is 66.2 Å². The summed E-state index contributed by atoms with van der Waals surface area (Å²) in [4.78, 5) is 17.5. The number of hydrogen-bond donors (Lipinski definition) is 2. The van der Waals surface area contributed by atoms with Gasteiger partial charge in [0, 0.05) is 11.3 Å². The van der Waals surface area contributed by atoms with Gasteiger partial charge >= 0.3 is 6.29 Å². The monoisotopic (exact) mass is 409 g/mol. The SMILES string of the molecule is Nc1ccc(-c2cccc(NC(=O)C3(c4ccc5c(c4)OC(F)(F)O5)CC3)n2)cc1. The number of pyridine rings is 1. The third-order valence-corrected chi connectivity index (χ3v) is 5.34. The molecule has 3 aromatic rings. The van der Waals surface area contributed by atoms with Gasteiger partial charge in [-0.2, -0.15) is 0 Å². The van der Waals surface area contributed by atoms with Crippen LogP contribution in [0.25, 0.3) is 11.3 Å². The maximum absolute atomic E-state index is 13.3. The molecule has 1 aromatic heterocycles. The number of ether oxygens (including phenoxy) is 2. The lowest BCUT2D eigenvalue weighted by Crippen LogP contribution is -2.28. The van der Waals surface area contributed by atoms with E-state index in [0.29, 0.717) is 35.6 Å². The lowest BCUT2D eigenvalue weighted by molar-refractivity contribution is -0.286. The van der Waals surface area contributed by atoms with Gasteiger partial charge in [0.15, 0.2) is 11.5 Å². The summed E-state index contributed by atoms with van der Waals surface area (Å²) in [5.41, 5.74) is 7.76. The zero-order chi connectivity index (χ0) is 20.9. The molecule has 0 radical (unpaired) electrons. The number of aromatic nitrogens is 1. The van der Waals surface area contributed by atoms with Crippen molar-refractivity contribution >= 4 is 17.4 Å². The summed E-state index contributed by atoms with van der Waals surface area (Å²) < 4.78 is 35.5. The number of nitrogen functional groups attached to an aromatic ring is 1. The lowest BCUT2D eigenvalue weighted by atomic mass is 9.94. The molecule has 1 aliphatic heterocycles. The highest BCUT2D eigenvalue weighted by Gasteiger charge is 2.52. The van der Waals surface area contributed by atoms with Crippen LogP contribution in [0.2, 0.25) is 0 Å². The van der Waals surface area contributed by atoms with Crippen molar-refractivity contribution in [2.75, 3.05) is 11.1 Å². The van der Waals surface area contributed by atoms with E-state index < -0.39 is 11.7 Å². The molecule has 8 heteroatoms. The van der Waals surface area contributed by atoms with Crippen molar-refractivity contribution in [2.24, 2.45) is 0 Å². The van der Waals surface area contributed by atoms with Crippen LogP contribution in [-0.4, -0.2) is 17.2 Å². The fraction of sp³-hybridized carbons (Fsp3) is 0.182. The minimum absolute atomic E-state index is 0.0437. The van der Waals surface area contributed by atoms with Gasteiger partial charge in [-0.15, -0.1) is 8.78 Å². The molecule has 30 heavy (non-hydrogen) atoms. The summed E-state index contributed by atoms with van der Waals surface area (Å²) in [6, 6.07) is 17.1. The molecule has 2 aromatic carbocycles. The van der Waals surface area contributed by atoms with E-state index in [4.69, 9.17) is 5.73 Å². The molecule has 0 saturated heterocycles. The Bertz CT molecular complexity index is 1140. The van der Waals surface area contributed by atoms with Gasteiger partial charge in [-0.05, 0) is 54.8 Å². The van der Waals surface area contributed by atoms with E-state index in [9.17, 15) is 13.6 Å². The Morgan fingerprint density at radius 1 is 1.00 bits per heavy atom. The highest BCUT2D eigenvalue weighted by atomic mass is 19.3. The van der Waals surface area contributed by atoms with Crippen molar-refractivity contribution in [1.82, 2.24) is 4.98 Å². The van der Waals surface area contributed by atoms with Gasteiger partial charge in [0.25, 0.3) is 0 Å². The minimum Gasteiger partial charge on any atom is -0.399 e. The predicted octanol–water partition coefficient (Wildman–Crippen LogP) is 4.32. The van der Waals surface area contributed by atoms with Gasteiger partial charge in [0.05, 0.1) is 11.1 Å². The fourth-order valence-electron chi connectivity index (χ4n) is 3.57. The summed E-state index contributed by atoms with van der Waals surface area (Å²) in [5.74, 6) is 0.0563. The molecule has 1 fully saturated rings. The van der Waals surface area contributed by atoms with Crippen LogP contribution < -0.4 is 20.5 Å². The van der Waals surface area contributed by atoms with Crippen LogP contribution in [0.5, 0.6) is 11.5 Å². The van der Waals surface area contributed by atoms with Crippen LogP contribution in [0, 0.1) is 0 Å². The molecule has 1 amide bonds. The van der Waals surface area contributed by atoms with Gasteiger partial charge < -0.3 is 20.5 Å². The molecular weight excluding hydrogens is 392 g/mol. The average molecular weight is 409 g/mol. The minimum atomic E-state index is -3.69. The zero-order valence-corrected chi connectivity index (χ0v) is 15.7. The number of rotatable bonds is 4. The molecule has 0 atom stereocenters. The van der Waals surface area contributed by atoms with Gasteiger partial charge in [0.1, 0.15) is 5.82 Å². The topological polar surface area (TPSA) is 86.5 Å². The van der Waals surface area contributed by atoms with Crippen molar-refractivity contribution in [3.63, 3.8) is 0 Å². The number of benzene rings is 2. The highest BCUT2D eigenvalue weighted by Crippen LogP contribution is 2.52. The Morgan fingerprint density at radius 3 is 2.47 bits per heavy atom. The van der Waals surface area contributed by atoms with Crippen molar-refractivity contribution < 1.29 is 23.0 Å². The van der Waals surface area contributed by atoms with E-state index in [2.05, 4.69) is 19.8 Å². The molecule has 1 aliphatic carbocycles. The molecule has 152 valence electrons.